The van der Waals surface area contributed by atoms with E-state index >= 15 is 0 Å². The van der Waals surface area contributed by atoms with Gasteiger partial charge in [-0.15, -0.1) is 0 Å². The van der Waals surface area contributed by atoms with Crippen LogP contribution in [-0.2, 0) is 14.2 Å². The molecule has 0 saturated carbocycles. The molecule has 0 atom stereocenters. The third-order valence-electron chi connectivity index (χ3n) is 2.33. The Balaban J connectivity index is 2.22. The van der Waals surface area contributed by atoms with Crippen molar-refractivity contribution >= 4 is 27.6 Å². The summed E-state index contributed by atoms with van der Waals surface area (Å²) in [5, 5.41) is 0. The lowest BCUT2D eigenvalue weighted by atomic mass is 10.2. The molecule has 6 heteroatoms. The molecule has 0 aliphatic rings. The van der Waals surface area contributed by atoms with E-state index in [0.717, 1.165) is 6.42 Å². The number of carbonyl (C=O) groups is 1. The Labute approximate surface area is 121 Å². The highest BCUT2D eigenvalue weighted by molar-refractivity contribution is 9.10. The maximum atomic E-state index is 11.7. The smallest absolute Gasteiger partial charge is 0.338 e. The summed E-state index contributed by atoms with van der Waals surface area (Å²) in [6.07, 6.45) is 0.829. The number of esters is 1. The number of carbonyl (C=O) groups excluding carboxylic acids is 1. The number of benzene rings is 1. The van der Waals surface area contributed by atoms with E-state index < -0.39 is 0 Å². The third kappa shape index (κ3) is 6.04. The van der Waals surface area contributed by atoms with Gasteiger partial charge in [-0.05, 0) is 40.5 Å². The van der Waals surface area contributed by atoms with Gasteiger partial charge in [-0.3, -0.25) is 0 Å². The average molecular weight is 332 g/mol. The lowest BCUT2D eigenvalue weighted by Gasteiger charge is -2.07. The molecule has 1 rings (SSSR count). The number of rotatable bonds is 8. The summed E-state index contributed by atoms with van der Waals surface area (Å²) in [7, 11) is 1.65. The number of hydrogen-bond donors (Lipinski definition) is 1. The van der Waals surface area contributed by atoms with Gasteiger partial charge in [0, 0.05) is 30.5 Å². The number of hydrogen-bond acceptors (Lipinski definition) is 5. The number of anilines is 1. The van der Waals surface area contributed by atoms with Crippen molar-refractivity contribution in [2.45, 2.75) is 6.42 Å². The van der Waals surface area contributed by atoms with Gasteiger partial charge in [0.2, 0.25) is 0 Å². The van der Waals surface area contributed by atoms with Crippen molar-refractivity contribution in [2.24, 2.45) is 0 Å². The number of nitrogens with two attached hydrogens (primary N) is 1. The van der Waals surface area contributed by atoms with Crippen LogP contribution in [0.15, 0.2) is 22.7 Å². The summed E-state index contributed by atoms with van der Waals surface area (Å²) < 4.78 is 15.9. The first-order valence-electron chi connectivity index (χ1n) is 5.94. The molecule has 2 N–H and O–H groups in total. The monoisotopic (exact) mass is 331 g/mol. The zero-order valence-electron chi connectivity index (χ0n) is 10.9. The van der Waals surface area contributed by atoms with Crippen LogP contribution in [-0.4, -0.2) is 39.5 Å². The van der Waals surface area contributed by atoms with Gasteiger partial charge >= 0.3 is 5.97 Å². The minimum atomic E-state index is -0.388. The number of methoxy groups -OCH3 is 1. The van der Waals surface area contributed by atoms with Gasteiger partial charge in [0.25, 0.3) is 0 Å². The Kier molecular flexibility index (Phi) is 7.47. The second-order valence-electron chi connectivity index (χ2n) is 3.83. The predicted molar refractivity (Wildman–Crippen MR) is 76.1 cm³/mol. The van der Waals surface area contributed by atoms with E-state index in [1.54, 1.807) is 25.3 Å². The second-order valence-corrected chi connectivity index (χ2v) is 4.69. The highest BCUT2D eigenvalue weighted by Crippen LogP contribution is 2.20. The first kappa shape index (κ1) is 15.9. The average Bonchev–Trinajstić information content (AvgIpc) is 2.40. The fourth-order valence-electron chi connectivity index (χ4n) is 1.34. The molecule has 0 aromatic heterocycles. The standard InChI is InChI=1S/C13H18BrNO4/c1-17-5-2-6-18-7-8-19-13(16)10-3-4-12(15)11(14)9-10/h3-4,9H,2,5-8,15H2,1H3. The van der Waals surface area contributed by atoms with Gasteiger partial charge in [0.05, 0.1) is 12.2 Å². The lowest BCUT2D eigenvalue weighted by molar-refractivity contribution is 0.0288. The normalized spacial score (nSPS) is 10.4. The van der Waals surface area contributed by atoms with E-state index in [2.05, 4.69) is 15.9 Å². The Morgan fingerprint density at radius 3 is 2.74 bits per heavy atom. The largest absolute Gasteiger partial charge is 0.460 e. The van der Waals surface area contributed by atoms with Crippen molar-refractivity contribution in [1.29, 1.82) is 0 Å². The van der Waals surface area contributed by atoms with E-state index in [9.17, 15) is 4.79 Å². The fraction of sp³-hybridized carbons (Fsp3) is 0.462. The third-order valence-corrected chi connectivity index (χ3v) is 3.02. The SMILES string of the molecule is COCCCOCCOC(=O)c1ccc(N)c(Br)c1. The number of nitrogen functional groups attached to an aromatic ring is 1. The van der Waals surface area contributed by atoms with E-state index in [-0.39, 0.29) is 12.6 Å². The lowest BCUT2D eigenvalue weighted by Crippen LogP contribution is -2.12. The van der Waals surface area contributed by atoms with Crippen LogP contribution in [0.5, 0.6) is 0 Å². The Hall–Kier alpha value is -1.11. The summed E-state index contributed by atoms with van der Waals surface area (Å²) in [4.78, 5) is 11.7. The summed E-state index contributed by atoms with van der Waals surface area (Å²) in [5.74, 6) is -0.388. The van der Waals surface area contributed by atoms with Crippen LogP contribution in [0, 0.1) is 0 Å². The van der Waals surface area contributed by atoms with Crippen molar-refractivity contribution in [1.82, 2.24) is 0 Å². The summed E-state index contributed by atoms with van der Waals surface area (Å²) >= 11 is 3.26. The molecule has 0 unspecified atom stereocenters. The number of ether oxygens (including phenoxy) is 3. The Morgan fingerprint density at radius 1 is 1.26 bits per heavy atom. The first-order chi connectivity index (χ1) is 9.15. The van der Waals surface area contributed by atoms with Crippen LogP contribution in [0.2, 0.25) is 0 Å². The molecule has 19 heavy (non-hydrogen) atoms. The fourth-order valence-corrected chi connectivity index (χ4v) is 1.72. The van der Waals surface area contributed by atoms with Crippen molar-refractivity contribution in [3.63, 3.8) is 0 Å². The van der Waals surface area contributed by atoms with Crippen LogP contribution in [0.3, 0.4) is 0 Å². The summed E-state index contributed by atoms with van der Waals surface area (Å²) in [5.41, 5.74) is 6.68. The molecule has 0 spiro atoms. The van der Waals surface area contributed by atoms with Gasteiger partial charge in [0.1, 0.15) is 6.61 Å². The van der Waals surface area contributed by atoms with E-state index in [4.69, 9.17) is 19.9 Å². The summed E-state index contributed by atoms with van der Waals surface area (Å²) in [6.45, 7) is 1.87. The van der Waals surface area contributed by atoms with Gasteiger partial charge in [-0.2, -0.15) is 0 Å². The maximum absolute atomic E-state index is 11.7. The van der Waals surface area contributed by atoms with Crippen molar-refractivity contribution < 1.29 is 19.0 Å². The molecule has 1 aromatic carbocycles. The minimum Gasteiger partial charge on any atom is -0.460 e. The summed E-state index contributed by atoms with van der Waals surface area (Å²) in [6, 6.07) is 4.92. The van der Waals surface area contributed by atoms with Crippen LogP contribution in [0.25, 0.3) is 0 Å². The van der Waals surface area contributed by atoms with E-state index in [0.29, 0.717) is 35.5 Å². The Bertz CT molecular complexity index is 412. The Morgan fingerprint density at radius 2 is 2.05 bits per heavy atom. The molecular weight excluding hydrogens is 314 g/mol. The highest BCUT2D eigenvalue weighted by atomic mass is 79.9. The van der Waals surface area contributed by atoms with Crippen LogP contribution >= 0.6 is 15.9 Å². The molecule has 1 aromatic rings. The molecule has 0 fully saturated rings. The quantitative estimate of drug-likeness (QED) is 0.449. The zero-order valence-corrected chi connectivity index (χ0v) is 12.4. The second kappa shape index (κ2) is 8.90. The molecule has 0 heterocycles. The first-order valence-corrected chi connectivity index (χ1v) is 6.73. The molecule has 0 radical (unpaired) electrons. The zero-order chi connectivity index (χ0) is 14.1. The molecule has 0 saturated heterocycles. The topological polar surface area (TPSA) is 70.8 Å². The molecule has 106 valence electrons. The molecule has 0 aliphatic heterocycles. The van der Waals surface area contributed by atoms with Gasteiger partial charge in [-0.25, -0.2) is 4.79 Å². The molecule has 0 amide bonds. The van der Waals surface area contributed by atoms with Crippen molar-refractivity contribution in [3.8, 4) is 0 Å². The molecule has 5 nitrogen and oxygen atoms in total. The van der Waals surface area contributed by atoms with Gasteiger partial charge in [-0.1, -0.05) is 0 Å². The molecular formula is C13H18BrNO4. The molecule has 0 bridgehead atoms. The van der Waals surface area contributed by atoms with Gasteiger partial charge in [0.15, 0.2) is 0 Å². The van der Waals surface area contributed by atoms with E-state index in [1.165, 1.54) is 0 Å². The maximum Gasteiger partial charge on any atom is 0.338 e. The number of halogens is 1. The van der Waals surface area contributed by atoms with E-state index in [1.807, 2.05) is 0 Å². The van der Waals surface area contributed by atoms with Crippen LogP contribution in [0.4, 0.5) is 5.69 Å². The van der Waals surface area contributed by atoms with Crippen molar-refractivity contribution in [3.05, 3.63) is 28.2 Å². The molecule has 0 aliphatic carbocycles. The van der Waals surface area contributed by atoms with Gasteiger partial charge < -0.3 is 19.9 Å². The van der Waals surface area contributed by atoms with Crippen LogP contribution in [0.1, 0.15) is 16.8 Å². The minimum absolute atomic E-state index is 0.230. The van der Waals surface area contributed by atoms with Crippen molar-refractivity contribution in [2.75, 3.05) is 39.3 Å². The van der Waals surface area contributed by atoms with Crippen LogP contribution < -0.4 is 5.73 Å². The predicted octanol–water partition coefficient (Wildman–Crippen LogP) is 2.24. The highest BCUT2D eigenvalue weighted by Gasteiger charge is 2.08.